The van der Waals surface area contributed by atoms with E-state index in [0.717, 1.165) is 12.8 Å². The van der Waals surface area contributed by atoms with Gasteiger partial charge < -0.3 is 24.6 Å². The van der Waals surface area contributed by atoms with Crippen molar-refractivity contribution in [3.63, 3.8) is 0 Å². The molecule has 0 aliphatic heterocycles. The Morgan fingerprint density at radius 3 is 1.42 bits per heavy atom. The van der Waals surface area contributed by atoms with Crippen LogP contribution in [0.2, 0.25) is 0 Å². The van der Waals surface area contributed by atoms with E-state index in [2.05, 4.69) is 6.92 Å². The van der Waals surface area contributed by atoms with Gasteiger partial charge in [-0.05, 0) is 12.8 Å². The highest BCUT2D eigenvalue weighted by Gasteiger charge is 2.33. The summed E-state index contributed by atoms with van der Waals surface area (Å²) < 4.78 is -0.545. The van der Waals surface area contributed by atoms with Crippen molar-refractivity contribution in [2.75, 3.05) is 26.2 Å². The van der Waals surface area contributed by atoms with Gasteiger partial charge in [-0.3, -0.25) is 0 Å². The number of carbonyl (C=O) groups is 3. The van der Waals surface area contributed by atoms with Crippen molar-refractivity contribution in [1.82, 2.24) is 0 Å². The highest BCUT2D eigenvalue weighted by molar-refractivity contribution is 5.72. The first-order chi connectivity index (χ1) is 15.8. The van der Waals surface area contributed by atoms with E-state index >= 15 is 0 Å². The Kier molecular flexibility index (Phi) is 19.5. The Balaban J connectivity index is 3.85. The molecule has 0 fully saturated rings. The van der Waals surface area contributed by atoms with Gasteiger partial charge in [0, 0.05) is 6.42 Å². The minimum absolute atomic E-state index is 0.141. The van der Waals surface area contributed by atoms with Crippen molar-refractivity contribution >= 4 is 17.9 Å². The van der Waals surface area contributed by atoms with Gasteiger partial charge in [0.25, 0.3) is 0 Å². The molecule has 0 spiro atoms. The maximum absolute atomic E-state index is 11.1. The van der Waals surface area contributed by atoms with Crippen molar-refractivity contribution in [1.29, 1.82) is 0 Å². The zero-order valence-corrected chi connectivity index (χ0v) is 20.8. The summed E-state index contributed by atoms with van der Waals surface area (Å²) in [6, 6.07) is 0. The minimum Gasteiger partial charge on any atom is -0.544 e. The van der Waals surface area contributed by atoms with E-state index in [1.807, 2.05) is 12.2 Å². The molecule has 0 aliphatic rings. The normalized spacial score (nSPS) is 11.8. The van der Waals surface area contributed by atoms with E-state index in [4.69, 9.17) is 10.2 Å². The fraction of sp³-hybridized carbons (Fsp3) is 0.808. The second kappa shape index (κ2) is 20.7. The largest absolute Gasteiger partial charge is 0.544 e. The van der Waals surface area contributed by atoms with Crippen molar-refractivity contribution in [3.05, 3.63) is 12.2 Å². The molecule has 7 heteroatoms. The molecule has 0 aromatic rings. The van der Waals surface area contributed by atoms with E-state index < -0.39 is 42.0 Å². The number of rotatable bonds is 24. The molecule has 0 aromatic heterocycles. The second-order valence-electron chi connectivity index (χ2n) is 9.34. The van der Waals surface area contributed by atoms with Gasteiger partial charge in [0.2, 0.25) is 0 Å². The third-order valence-corrected chi connectivity index (χ3v) is 6.07. The molecular formula is C26H47NO6. The number of aliphatic carboxylic acids is 3. The van der Waals surface area contributed by atoms with Gasteiger partial charge in [0.1, 0.15) is 6.54 Å². The maximum atomic E-state index is 11.1. The highest BCUT2D eigenvalue weighted by atomic mass is 16.4. The van der Waals surface area contributed by atoms with Crippen LogP contribution in [0.1, 0.15) is 110 Å². The topological polar surface area (TPSA) is 115 Å². The molecule has 0 bridgehead atoms. The zero-order chi connectivity index (χ0) is 24.8. The molecule has 33 heavy (non-hydrogen) atoms. The predicted molar refractivity (Wildman–Crippen MR) is 129 cm³/mol. The molecule has 0 unspecified atom stereocenters. The summed E-state index contributed by atoms with van der Waals surface area (Å²) in [6.07, 6.45) is 23.7. The predicted octanol–water partition coefficient (Wildman–Crippen LogP) is 4.54. The average Bonchev–Trinajstić information content (AvgIpc) is 2.71. The third kappa shape index (κ3) is 20.4. The Morgan fingerprint density at radius 2 is 1.03 bits per heavy atom. The van der Waals surface area contributed by atoms with Crippen LogP contribution in [-0.2, 0) is 14.4 Å². The number of carboxylic acids is 3. The lowest BCUT2D eigenvalue weighted by Crippen LogP contribution is -2.59. The number of hydrogen-bond donors (Lipinski definition) is 2. The molecule has 0 saturated heterocycles. The first-order valence-corrected chi connectivity index (χ1v) is 12.9. The molecule has 0 rings (SSSR count). The molecule has 0 aromatic carbocycles. The third-order valence-electron chi connectivity index (χ3n) is 6.07. The van der Waals surface area contributed by atoms with Crippen molar-refractivity contribution in [2.24, 2.45) is 0 Å². The second-order valence-corrected chi connectivity index (χ2v) is 9.34. The molecule has 0 saturated carbocycles. The van der Waals surface area contributed by atoms with E-state index in [1.165, 1.54) is 83.5 Å². The Morgan fingerprint density at radius 1 is 0.636 bits per heavy atom. The minimum atomic E-state index is -1.44. The highest BCUT2D eigenvalue weighted by Crippen LogP contribution is 2.14. The van der Waals surface area contributed by atoms with Gasteiger partial charge in [-0.25, -0.2) is 9.59 Å². The van der Waals surface area contributed by atoms with Crippen LogP contribution in [0.5, 0.6) is 0 Å². The Labute approximate surface area is 200 Å². The van der Waals surface area contributed by atoms with Crippen molar-refractivity contribution in [2.45, 2.75) is 110 Å². The number of carboxylic acid groups (broad SMARTS) is 3. The van der Waals surface area contributed by atoms with Gasteiger partial charge in [0.15, 0.2) is 13.1 Å². The van der Waals surface area contributed by atoms with E-state index in [1.54, 1.807) is 0 Å². The van der Waals surface area contributed by atoms with Crippen LogP contribution >= 0.6 is 0 Å². The van der Waals surface area contributed by atoms with Crippen LogP contribution in [0.25, 0.3) is 0 Å². The number of allylic oxidation sites excluding steroid dienone is 1. The summed E-state index contributed by atoms with van der Waals surface area (Å²) >= 11 is 0. The quantitative estimate of drug-likeness (QED) is 0.122. The fourth-order valence-electron chi connectivity index (χ4n) is 4.29. The summed E-state index contributed by atoms with van der Waals surface area (Å²) in [5, 5.41) is 29.2. The molecule has 0 amide bonds. The average molecular weight is 470 g/mol. The van der Waals surface area contributed by atoms with Crippen LogP contribution in [0.4, 0.5) is 0 Å². The number of hydrogen-bond acceptors (Lipinski definition) is 4. The smallest absolute Gasteiger partial charge is 0.359 e. The Hall–Kier alpha value is -1.89. The number of carbonyl (C=O) groups excluding carboxylic acids is 1. The monoisotopic (exact) mass is 469 g/mol. The van der Waals surface area contributed by atoms with Crippen LogP contribution in [0.15, 0.2) is 12.2 Å². The molecule has 0 radical (unpaired) electrons. The van der Waals surface area contributed by atoms with Crippen LogP contribution in [0, 0.1) is 0 Å². The standard InChI is InChI=1S/C26H47NO6/c1-2-3-4-5-6-7-8-9-10-11-12-13-14-15-16-17-18-19-20-27(21-24(28)29,22-25(30)31)23-26(32)33/h17-18H,2-16,19-23H2,1H3,(H2-,28,29,30,31,32,33)/b18-17+. The summed E-state index contributed by atoms with van der Waals surface area (Å²) in [5.74, 6) is -3.88. The molecule has 0 aliphatic carbocycles. The number of quaternary nitrogens is 1. The number of nitrogens with zero attached hydrogens (tertiary/aromatic N) is 1. The lowest BCUT2D eigenvalue weighted by atomic mass is 10.0. The summed E-state index contributed by atoms with van der Waals surface area (Å²) in [4.78, 5) is 33.3. The Bertz CT molecular complexity index is 520. The molecular weight excluding hydrogens is 422 g/mol. The van der Waals surface area contributed by atoms with E-state index in [-0.39, 0.29) is 6.54 Å². The van der Waals surface area contributed by atoms with E-state index in [0.29, 0.717) is 6.42 Å². The number of unbranched alkanes of at least 4 members (excludes halogenated alkanes) is 14. The summed E-state index contributed by atoms with van der Waals surface area (Å²) in [6.45, 7) is 0.676. The lowest BCUT2D eigenvalue weighted by molar-refractivity contribution is -0.908. The van der Waals surface area contributed by atoms with Gasteiger partial charge in [-0.15, -0.1) is 0 Å². The van der Waals surface area contributed by atoms with Gasteiger partial charge in [0.05, 0.1) is 12.5 Å². The molecule has 2 N–H and O–H groups in total. The molecule has 0 heterocycles. The van der Waals surface area contributed by atoms with Gasteiger partial charge in [-0.2, -0.15) is 0 Å². The maximum Gasteiger partial charge on any atom is 0.359 e. The summed E-state index contributed by atoms with van der Waals surface area (Å²) in [5.41, 5.74) is 0. The first kappa shape index (κ1) is 31.1. The van der Waals surface area contributed by atoms with Gasteiger partial charge in [-0.1, -0.05) is 103 Å². The van der Waals surface area contributed by atoms with Crippen LogP contribution in [0.3, 0.4) is 0 Å². The fourth-order valence-corrected chi connectivity index (χ4v) is 4.29. The van der Waals surface area contributed by atoms with Crippen molar-refractivity contribution < 1.29 is 34.2 Å². The molecule has 192 valence electrons. The van der Waals surface area contributed by atoms with Crippen molar-refractivity contribution in [3.8, 4) is 0 Å². The van der Waals surface area contributed by atoms with Crippen LogP contribution in [-0.4, -0.2) is 58.8 Å². The lowest BCUT2D eigenvalue weighted by Gasteiger charge is -2.35. The van der Waals surface area contributed by atoms with Gasteiger partial charge >= 0.3 is 11.9 Å². The summed E-state index contributed by atoms with van der Waals surface area (Å²) in [7, 11) is 0. The molecule has 7 nitrogen and oxygen atoms in total. The van der Waals surface area contributed by atoms with Crippen LogP contribution < -0.4 is 5.11 Å². The zero-order valence-electron chi connectivity index (χ0n) is 20.8. The molecule has 0 atom stereocenters. The SMILES string of the molecule is CCCCCCCCCCCCCCCC/C=C/CC[N+](CC(=O)[O-])(CC(=O)O)CC(=O)O. The van der Waals surface area contributed by atoms with E-state index in [9.17, 15) is 19.5 Å². The first-order valence-electron chi connectivity index (χ1n) is 12.9.